The minimum Gasteiger partial charge on any atom is -0.328 e. The molecule has 0 unspecified atom stereocenters. The summed E-state index contributed by atoms with van der Waals surface area (Å²) in [6, 6.07) is 0. The lowest BCUT2D eigenvalue weighted by molar-refractivity contribution is 0.385. The highest BCUT2D eigenvalue weighted by Gasteiger charge is 2.05. The van der Waals surface area contributed by atoms with Crippen molar-refractivity contribution in [1.29, 1.82) is 0 Å². The van der Waals surface area contributed by atoms with Crippen molar-refractivity contribution >= 4 is 22.6 Å². The predicted octanol–water partition coefficient (Wildman–Crippen LogP) is 1.80. The van der Waals surface area contributed by atoms with Crippen LogP contribution in [-0.2, 0) is 0 Å². The van der Waals surface area contributed by atoms with Gasteiger partial charge in [0, 0.05) is 28.5 Å². The van der Waals surface area contributed by atoms with Crippen LogP contribution in [0.2, 0.25) is 0 Å². The molecule has 1 aromatic rings. The van der Waals surface area contributed by atoms with E-state index in [1.165, 1.54) is 0 Å². The summed E-state index contributed by atoms with van der Waals surface area (Å²) in [6.45, 7) is 4.06. The maximum absolute atomic E-state index is 4.75. The molecule has 9 heavy (non-hydrogen) atoms. The molecular formula is C5H7IN2O. The zero-order chi connectivity index (χ0) is 6.85. The van der Waals surface area contributed by atoms with E-state index in [4.69, 9.17) is 4.52 Å². The van der Waals surface area contributed by atoms with Crippen LogP contribution in [0.25, 0.3) is 0 Å². The smallest absolute Gasteiger partial charge is 0.287 e. The summed E-state index contributed by atoms with van der Waals surface area (Å²) >= 11 is 1.99. The van der Waals surface area contributed by atoms with Gasteiger partial charge in [0.1, 0.15) is 0 Å². The van der Waals surface area contributed by atoms with Gasteiger partial charge in [-0.25, -0.2) is 0 Å². The molecule has 1 heterocycles. The first-order valence-electron chi connectivity index (χ1n) is 2.69. The van der Waals surface area contributed by atoms with Crippen molar-refractivity contribution in [1.82, 2.24) is 10.1 Å². The molecule has 0 aliphatic rings. The Balaban J connectivity index is 2.85. The second-order valence-corrected chi connectivity index (χ2v) is 2.98. The van der Waals surface area contributed by atoms with Crippen molar-refractivity contribution in [3.05, 3.63) is 9.72 Å². The Morgan fingerprint density at radius 2 is 2.22 bits per heavy atom. The van der Waals surface area contributed by atoms with Gasteiger partial charge in [-0.2, -0.15) is 4.98 Å². The summed E-state index contributed by atoms with van der Waals surface area (Å²) in [6.07, 6.45) is 0. The fourth-order valence-electron chi connectivity index (χ4n) is 0.450. The van der Waals surface area contributed by atoms with Crippen LogP contribution in [0.5, 0.6) is 0 Å². The van der Waals surface area contributed by atoms with Crippen LogP contribution < -0.4 is 0 Å². The standard InChI is InChI=1S/C5H7IN2O/c1-3(2)4-7-5(6)9-8-4/h3H,1-2H3. The van der Waals surface area contributed by atoms with Crippen molar-refractivity contribution in [2.75, 3.05) is 0 Å². The first kappa shape index (κ1) is 6.98. The number of hydrogen-bond acceptors (Lipinski definition) is 3. The predicted molar refractivity (Wildman–Crippen MR) is 41.1 cm³/mol. The van der Waals surface area contributed by atoms with E-state index in [0.717, 1.165) is 5.82 Å². The molecule has 0 aliphatic heterocycles. The minimum atomic E-state index is 0.359. The zero-order valence-corrected chi connectivity index (χ0v) is 7.42. The number of rotatable bonds is 1. The Kier molecular flexibility index (Phi) is 2.05. The lowest BCUT2D eigenvalue weighted by Crippen LogP contribution is -1.88. The molecule has 0 N–H and O–H groups in total. The molecule has 0 saturated heterocycles. The normalized spacial score (nSPS) is 10.7. The van der Waals surface area contributed by atoms with Crippen molar-refractivity contribution in [2.24, 2.45) is 0 Å². The maximum atomic E-state index is 4.75. The third-order valence-electron chi connectivity index (χ3n) is 0.933. The molecule has 3 nitrogen and oxygen atoms in total. The number of nitrogens with zero attached hydrogens (tertiary/aromatic N) is 2. The molecule has 1 rings (SSSR count). The topological polar surface area (TPSA) is 38.9 Å². The fourth-order valence-corrected chi connectivity index (χ4v) is 0.795. The van der Waals surface area contributed by atoms with Crippen LogP contribution in [0.1, 0.15) is 25.6 Å². The summed E-state index contributed by atoms with van der Waals surface area (Å²) in [5.41, 5.74) is 0. The van der Waals surface area contributed by atoms with Gasteiger partial charge in [-0.3, -0.25) is 0 Å². The van der Waals surface area contributed by atoms with Gasteiger partial charge in [0.15, 0.2) is 5.82 Å². The summed E-state index contributed by atoms with van der Waals surface area (Å²) < 4.78 is 5.36. The quantitative estimate of drug-likeness (QED) is 0.700. The average molecular weight is 238 g/mol. The minimum absolute atomic E-state index is 0.359. The molecule has 0 radical (unpaired) electrons. The largest absolute Gasteiger partial charge is 0.328 e. The van der Waals surface area contributed by atoms with Crippen molar-refractivity contribution < 1.29 is 4.52 Å². The molecule has 0 bridgehead atoms. The SMILES string of the molecule is CC(C)c1noc(I)n1. The molecule has 0 amide bonds. The monoisotopic (exact) mass is 238 g/mol. The van der Waals surface area contributed by atoms with Gasteiger partial charge < -0.3 is 4.52 Å². The molecule has 0 aliphatic carbocycles. The zero-order valence-electron chi connectivity index (χ0n) is 5.26. The van der Waals surface area contributed by atoms with Crippen LogP contribution in [0, 0.1) is 3.90 Å². The number of aromatic nitrogens is 2. The van der Waals surface area contributed by atoms with E-state index in [9.17, 15) is 0 Å². The summed E-state index contributed by atoms with van der Waals surface area (Å²) in [5.74, 6) is 1.14. The summed E-state index contributed by atoms with van der Waals surface area (Å²) in [7, 11) is 0. The second-order valence-electron chi connectivity index (χ2n) is 2.06. The van der Waals surface area contributed by atoms with Gasteiger partial charge in [0.05, 0.1) is 0 Å². The highest BCUT2D eigenvalue weighted by molar-refractivity contribution is 14.1. The highest BCUT2D eigenvalue weighted by Crippen LogP contribution is 2.09. The van der Waals surface area contributed by atoms with E-state index in [-0.39, 0.29) is 0 Å². The molecule has 1 aromatic heterocycles. The molecule has 0 fully saturated rings. The fraction of sp³-hybridized carbons (Fsp3) is 0.600. The van der Waals surface area contributed by atoms with E-state index in [1.54, 1.807) is 0 Å². The van der Waals surface area contributed by atoms with Gasteiger partial charge in [-0.05, 0) is 0 Å². The first-order chi connectivity index (χ1) is 4.20. The van der Waals surface area contributed by atoms with E-state index in [1.807, 2.05) is 36.4 Å². The van der Waals surface area contributed by atoms with E-state index < -0.39 is 0 Å². The van der Waals surface area contributed by atoms with Gasteiger partial charge in [-0.15, -0.1) is 0 Å². The van der Waals surface area contributed by atoms with Crippen LogP contribution in [-0.4, -0.2) is 10.1 Å². The Hall–Kier alpha value is -0.130. The van der Waals surface area contributed by atoms with Crippen LogP contribution in [0.4, 0.5) is 0 Å². The maximum Gasteiger partial charge on any atom is 0.287 e. The van der Waals surface area contributed by atoms with Gasteiger partial charge >= 0.3 is 0 Å². The molecule has 4 heteroatoms. The highest BCUT2D eigenvalue weighted by atomic mass is 127. The van der Waals surface area contributed by atoms with Crippen molar-refractivity contribution in [2.45, 2.75) is 19.8 Å². The lowest BCUT2D eigenvalue weighted by atomic mass is 10.2. The Morgan fingerprint density at radius 3 is 2.44 bits per heavy atom. The van der Waals surface area contributed by atoms with Gasteiger partial charge in [0.2, 0.25) is 0 Å². The van der Waals surface area contributed by atoms with Crippen LogP contribution in [0.15, 0.2) is 4.52 Å². The molecule has 50 valence electrons. The third kappa shape index (κ3) is 1.64. The first-order valence-corrected chi connectivity index (χ1v) is 3.77. The van der Waals surface area contributed by atoms with E-state index in [2.05, 4.69) is 10.1 Å². The third-order valence-corrected chi connectivity index (χ3v) is 1.37. The average Bonchev–Trinajstić information content (AvgIpc) is 2.14. The van der Waals surface area contributed by atoms with Crippen molar-refractivity contribution in [3.8, 4) is 0 Å². The Morgan fingerprint density at radius 1 is 1.56 bits per heavy atom. The molecular weight excluding hydrogens is 231 g/mol. The van der Waals surface area contributed by atoms with Gasteiger partial charge in [0.25, 0.3) is 3.90 Å². The van der Waals surface area contributed by atoms with E-state index in [0.29, 0.717) is 9.82 Å². The molecule has 0 saturated carbocycles. The molecule has 0 aromatic carbocycles. The number of halogens is 1. The summed E-state index contributed by atoms with van der Waals surface area (Å²) in [5, 5.41) is 3.72. The van der Waals surface area contributed by atoms with E-state index >= 15 is 0 Å². The van der Waals surface area contributed by atoms with Crippen molar-refractivity contribution in [3.63, 3.8) is 0 Å². The second kappa shape index (κ2) is 2.64. The van der Waals surface area contributed by atoms with Crippen LogP contribution >= 0.6 is 22.6 Å². The molecule has 0 atom stereocenters. The van der Waals surface area contributed by atoms with Gasteiger partial charge in [-0.1, -0.05) is 19.0 Å². The molecule has 0 spiro atoms. The number of hydrogen-bond donors (Lipinski definition) is 0. The van der Waals surface area contributed by atoms with Crippen LogP contribution in [0.3, 0.4) is 0 Å². The lowest BCUT2D eigenvalue weighted by Gasteiger charge is -1.90. The Bertz CT molecular complexity index is 197. The Labute approximate surface area is 67.0 Å². The summed E-state index contributed by atoms with van der Waals surface area (Å²) in [4.78, 5) is 4.02.